The number of pyridine rings is 1. The van der Waals surface area contributed by atoms with Gasteiger partial charge in [-0.25, -0.2) is 8.78 Å². The molecule has 1 N–H and O–H groups in total. The number of anilines is 2. The molecule has 0 spiro atoms. The number of hydrogen-bond donors (Lipinski definition) is 1. The Hall–Kier alpha value is -2.91. The van der Waals surface area contributed by atoms with Crippen LogP contribution in [0.25, 0.3) is 10.9 Å². The minimum atomic E-state index is -0.557. The fourth-order valence-corrected chi connectivity index (χ4v) is 2.47. The summed E-state index contributed by atoms with van der Waals surface area (Å²) in [6.07, 6.45) is 1.34. The van der Waals surface area contributed by atoms with E-state index >= 15 is 0 Å². The molecule has 0 radical (unpaired) electrons. The Balaban J connectivity index is 2.20. The monoisotopic (exact) mass is 345 g/mol. The number of methoxy groups -OCH3 is 1. The second kappa shape index (κ2) is 6.30. The molecule has 2 aromatic carbocycles. The Morgan fingerprint density at radius 3 is 2.67 bits per heavy atom. The van der Waals surface area contributed by atoms with Gasteiger partial charge in [-0.15, -0.1) is 0 Å². The van der Waals surface area contributed by atoms with Crippen LogP contribution in [0.4, 0.5) is 20.2 Å². The van der Waals surface area contributed by atoms with Crippen molar-refractivity contribution in [3.63, 3.8) is 0 Å². The summed E-state index contributed by atoms with van der Waals surface area (Å²) in [6.45, 7) is 0. The van der Waals surface area contributed by atoms with E-state index in [1.54, 1.807) is 0 Å². The zero-order valence-corrected chi connectivity index (χ0v) is 13.2. The lowest BCUT2D eigenvalue weighted by atomic mass is 10.1. The number of aromatic nitrogens is 1. The van der Waals surface area contributed by atoms with Gasteiger partial charge in [0.25, 0.3) is 0 Å². The number of halogens is 3. The van der Waals surface area contributed by atoms with Gasteiger partial charge in [-0.3, -0.25) is 4.98 Å². The number of benzene rings is 2. The molecular formula is C17H10ClF2N3O. The van der Waals surface area contributed by atoms with Gasteiger partial charge in [0, 0.05) is 23.3 Å². The van der Waals surface area contributed by atoms with Crippen molar-refractivity contribution < 1.29 is 13.5 Å². The van der Waals surface area contributed by atoms with Crippen LogP contribution >= 0.6 is 11.6 Å². The molecular weight excluding hydrogens is 336 g/mol. The van der Waals surface area contributed by atoms with Gasteiger partial charge in [0.2, 0.25) is 0 Å². The topological polar surface area (TPSA) is 57.9 Å². The lowest BCUT2D eigenvalue weighted by Gasteiger charge is -2.13. The normalized spacial score (nSPS) is 10.5. The molecule has 24 heavy (non-hydrogen) atoms. The predicted octanol–water partition coefficient (Wildman–Crippen LogP) is 4.79. The van der Waals surface area contributed by atoms with E-state index in [-0.39, 0.29) is 16.3 Å². The molecule has 0 aliphatic rings. The summed E-state index contributed by atoms with van der Waals surface area (Å²) in [6, 6.07) is 8.77. The van der Waals surface area contributed by atoms with Crippen LogP contribution in [0.15, 0.2) is 36.5 Å². The Morgan fingerprint density at radius 1 is 1.21 bits per heavy atom. The largest absolute Gasteiger partial charge is 0.494 e. The number of nitrogens with one attached hydrogen (secondary N) is 1. The summed E-state index contributed by atoms with van der Waals surface area (Å²) >= 11 is 5.78. The van der Waals surface area contributed by atoms with E-state index in [1.807, 2.05) is 6.07 Å². The highest BCUT2D eigenvalue weighted by Gasteiger charge is 2.14. The van der Waals surface area contributed by atoms with Crippen LogP contribution in [0.2, 0.25) is 5.02 Å². The van der Waals surface area contributed by atoms with Gasteiger partial charge in [-0.2, -0.15) is 5.26 Å². The van der Waals surface area contributed by atoms with Crippen LogP contribution in [0.3, 0.4) is 0 Å². The molecule has 1 aromatic heterocycles. The molecule has 3 rings (SSSR count). The lowest BCUT2D eigenvalue weighted by Crippen LogP contribution is -1.98. The van der Waals surface area contributed by atoms with Crippen molar-refractivity contribution in [2.45, 2.75) is 0 Å². The molecule has 0 amide bonds. The first-order valence-corrected chi connectivity index (χ1v) is 7.19. The number of rotatable bonds is 3. The van der Waals surface area contributed by atoms with Crippen LogP contribution in [0.1, 0.15) is 5.56 Å². The number of hydrogen-bond acceptors (Lipinski definition) is 4. The summed E-state index contributed by atoms with van der Waals surface area (Å²) in [4.78, 5) is 4.08. The maximum Gasteiger partial charge on any atom is 0.167 e. The molecule has 7 heteroatoms. The molecule has 1 heterocycles. The third-order valence-electron chi connectivity index (χ3n) is 3.45. The van der Waals surface area contributed by atoms with Gasteiger partial charge < -0.3 is 10.1 Å². The average Bonchev–Trinajstić information content (AvgIpc) is 2.58. The predicted molar refractivity (Wildman–Crippen MR) is 87.7 cm³/mol. The van der Waals surface area contributed by atoms with Gasteiger partial charge in [-0.05, 0) is 24.3 Å². The van der Waals surface area contributed by atoms with E-state index in [1.165, 1.54) is 43.6 Å². The summed E-state index contributed by atoms with van der Waals surface area (Å²) in [5.41, 5.74) is 1.48. The molecule has 4 nitrogen and oxygen atoms in total. The minimum Gasteiger partial charge on any atom is -0.494 e. The fourth-order valence-electron chi connectivity index (χ4n) is 2.29. The van der Waals surface area contributed by atoms with Crippen molar-refractivity contribution in [2.24, 2.45) is 0 Å². The Bertz CT molecular complexity index is 986. The van der Waals surface area contributed by atoms with Crippen molar-refractivity contribution >= 4 is 33.9 Å². The maximum atomic E-state index is 13.8. The Kier molecular flexibility index (Phi) is 4.19. The highest BCUT2D eigenvalue weighted by atomic mass is 35.5. The van der Waals surface area contributed by atoms with E-state index in [9.17, 15) is 14.0 Å². The zero-order chi connectivity index (χ0) is 17.3. The van der Waals surface area contributed by atoms with Gasteiger partial charge >= 0.3 is 0 Å². The van der Waals surface area contributed by atoms with Crippen molar-refractivity contribution in [2.75, 3.05) is 12.4 Å². The number of nitrogens with zero attached hydrogens (tertiary/aromatic N) is 2. The van der Waals surface area contributed by atoms with Crippen LogP contribution in [0, 0.1) is 23.0 Å². The molecule has 0 unspecified atom stereocenters. The second-order valence-electron chi connectivity index (χ2n) is 4.92. The molecule has 0 atom stereocenters. The van der Waals surface area contributed by atoms with Gasteiger partial charge in [0.05, 0.1) is 28.9 Å². The Morgan fingerprint density at radius 2 is 2.00 bits per heavy atom. The van der Waals surface area contributed by atoms with Gasteiger partial charge in [-0.1, -0.05) is 11.6 Å². The van der Waals surface area contributed by atoms with Crippen LogP contribution in [-0.4, -0.2) is 12.1 Å². The van der Waals surface area contributed by atoms with E-state index < -0.39 is 11.6 Å². The lowest BCUT2D eigenvalue weighted by molar-refractivity contribution is 0.387. The molecule has 0 saturated carbocycles. The van der Waals surface area contributed by atoms with Crippen molar-refractivity contribution in [3.05, 3.63) is 58.7 Å². The van der Waals surface area contributed by atoms with E-state index in [0.717, 1.165) is 0 Å². The molecule has 3 aromatic rings. The smallest absolute Gasteiger partial charge is 0.167 e. The van der Waals surface area contributed by atoms with Crippen molar-refractivity contribution in [1.29, 1.82) is 5.26 Å². The highest BCUT2D eigenvalue weighted by Crippen LogP contribution is 2.33. The molecule has 0 aliphatic carbocycles. The first-order valence-electron chi connectivity index (χ1n) is 6.82. The first kappa shape index (κ1) is 16.0. The van der Waals surface area contributed by atoms with Crippen molar-refractivity contribution in [3.8, 4) is 11.8 Å². The SMILES string of the molecule is COc1cc2c(Nc3ccc(F)c(Cl)c3)c(C#N)cnc2cc1F. The fraction of sp³-hybridized carbons (Fsp3) is 0.0588. The molecule has 0 saturated heterocycles. The van der Waals surface area contributed by atoms with E-state index in [2.05, 4.69) is 10.3 Å². The standard InChI is InChI=1S/C17H10ClF2N3O/c1-24-16-5-11-15(6-14(16)20)22-8-9(7-21)17(11)23-10-2-3-13(19)12(18)4-10/h2-6,8H,1H3,(H,22,23). The van der Waals surface area contributed by atoms with Crippen LogP contribution < -0.4 is 10.1 Å². The molecule has 0 fully saturated rings. The van der Waals surface area contributed by atoms with Crippen molar-refractivity contribution in [1.82, 2.24) is 4.98 Å². The first-order chi connectivity index (χ1) is 11.5. The number of fused-ring (bicyclic) bond motifs is 1. The quantitative estimate of drug-likeness (QED) is 0.741. The Labute approximate surface area is 141 Å². The molecule has 0 bridgehead atoms. The van der Waals surface area contributed by atoms with Gasteiger partial charge in [0.1, 0.15) is 11.9 Å². The zero-order valence-electron chi connectivity index (χ0n) is 12.4. The van der Waals surface area contributed by atoms with Crippen LogP contribution in [-0.2, 0) is 0 Å². The number of nitriles is 1. The minimum absolute atomic E-state index is 0.0274. The third-order valence-corrected chi connectivity index (χ3v) is 3.74. The maximum absolute atomic E-state index is 13.8. The molecule has 120 valence electrons. The second-order valence-corrected chi connectivity index (χ2v) is 5.32. The third kappa shape index (κ3) is 2.82. The average molecular weight is 346 g/mol. The molecule has 0 aliphatic heterocycles. The summed E-state index contributed by atoms with van der Waals surface area (Å²) in [5.74, 6) is -1.08. The van der Waals surface area contributed by atoms with E-state index in [4.69, 9.17) is 16.3 Å². The summed E-state index contributed by atoms with van der Waals surface area (Å²) in [7, 11) is 1.35. The van der Waals surface area contributed by atoms with Crippen LogP contribution in [0.5, 0.6) is 5.75 Å². The van der Waals surface area contributed by atoms with E-state index in [0.29, 0.717) is 22.3 Å². The van der Waals surface area contributed by atoms with Gasteiger partial charge in [0.15, 0.2) is 11.6 Å². The summed E-state index contributed by atoms with van der Waals surface area (Å²) < 4.78 is 32.1. The number of ether oxygens (including phenoxy) is 1. The highest BCUT2D eigenvalue weighted by molar-refractivity contribution is 6.31. The summed E-state index contributed by atoms with van der Waals surface area (Å²) in [5, 5.41) is 12.8.